The van der Waals surface area contributed by atoms with E-state index in [0.717, 1.165) is 10.8 Å². The highest BCUT2D eigenvalue weighted by atomic mass is 28.3. The van der Waals surface area contributed by atoms with Gasteiger partial charge in [0.2, 0.25) is 0 Å². The molecule has 0 aromatic heterocycles. The summed E-state index contributed by atoms with van der Waals surface area (Å²) in [6.07, 6.45) is -0.837. The quantitative estimate of drug-likeness (QED) is 0.640. The summed E-state index contributed by atoms with van der Waals surface area (Å²) in [6.45, 7) is 6.49. The van der Waals surface area contributed by atoms with E-state index in [0.29, 0.717) is 11.5 Å². The Morgan fingerprint density at radius 2 is 1.66 bits per heavy atom. The predicted octanol–water partition coefficient (Wildman–Crippen LogP) is 3.30. The molecule has 156 valence electrons. The molecule has 29 heavy (non-hydrogen) atoms. The van der Waals surface area contributed by atoms with E-state index in [1.165, 1.54) is 14.2 Å². The van der Waals surface area contributed by atoms with Crippen LogP contribution in [0.3, 0.4) is 0 Å². The molecule has 1 amide bonds. The molecule has 0 aliphatic carbocycles. The van der Waals surface area contributed by atoms with E-state index in [1.54, 1.807) is 12.1 Å². The van der Waals surface area contributed by atoms with Crippen molar-refractivity contribution in [1.82, 2.24) is 5.32 Å². The average Bonchev–Trinajstić information content (AvgIpc) is 2.69. The Labute approximate surface area is 171 Å². The van der Waals surface area contributed by atoms with Crippen LogP contribution in [0.5, 0.6) is 11.5 Å². The van der Waals surface area contributed by atoms with Crippen LogP contribution in [0.4, 0.5) is 4.79 Å². The van der Waals surface area contributed by atoms with E-state index in [9.17, 15) is 14.7 Å². The number of carbonyl (C=O) groups is 2. The van der Waals surface area contributed by atoms with E-state index in [1.807, 2.05) is 30.3 Å². The van der Waals surface area contributed by atoms with Crippen LogP contribution in [-0.4, -0.2) is 39.5 Å². The smallest absolute Gasteiger partial charge is 0.408 e. The summed E-state index contributed by atoms with van der Waals surface area (Å²) in [6, 6.07) is 11.2. The first kappa shape index (κ1) is 22.3. The molecule has 2 N–H and O–H groups in total. The van der Waals surface area contributed by atoms with Gasteiger partial charge in [-0.2, -0.15) is 0 Å². The summed E-state index contributed by atoms with van der Waals surface area (Å²) >= 11 is 0. The van der Waals surface area contributed by atoms with Crippen LogP contribution in [-0.2, 0) is 16.1 Å². The van der Waals surface area contributed by atoms with Gasteiger partial charge in [0, 0.05) is 5.56 Å². The SMILES string of the molecule is COc1cc([Si](C)(C)C)c(OC)cc1[C@@H](NC(=O)OCc1ccccc1)C(=O)O. The van der Waals surface area contributed by atoms with Gasteiger partial charge in [-0.15, -0.1) is 0 Å². The fourth-order valence-electron chi connectivity index (χ4n) is 2.89. The number of benzene rings is 2. The monoisotopic (exact) mass is 417 g/mol. The molecule has 0 fully saturated rings. The average molecular weight is 418 g/mol. The standard InChI is InChI=1S/C21H27NO6Si/c1-26-16-12-18(29(3,4)5)17(27-2)11-15(16)19(20(23)24)22-21(25)28-13-14-9-7-6-8-10-14/h6-12,19H,13H2,1-5H3,(H,22,25)(H,23,24)/t19-/m1/s1. The molecule has 8 heteroatoms. The number of ether oxygens (including phenoxy) is 3. The third-order valence-electron chi connectivity index (χ3n) is 4.39. The molecule has 0 saturated carbocycles. The number of methoxy groups -OCH3 is 2. The van der Waals surface area contributed by atoms with Gasteiger partial charge in [-0.1, -0.05) is 50.0 Å². The van der Waals surface area contributed by atoms with Gasteiger partial charge in [0.25, 0.3) is 0 Å². The first-order valence-electron chi connectivity index (χ1n) is 9.13. The number of carboxylic acid groups (broad SMARTS) is 1. The van der Waals surface area contributed by atoms with Gasteiger partial charge in [0.05, 0.1) is 22.3 Å². The van der Waals surface area contributed by atoms with Crippen LogP contribution < -0.4 is 20.0 Å². The van der Waals surface area contributed by atoms with Gasteiger partial charge < -0.3 is 24.6 Å². The van der Waals surface area contributed by atoms with Gasteiger partial charge in [-0.05, 0) is 22.9 Å². The van der Waals surface area contributed by atoms with Crippen molar-refractivity contribution in [1.29, 1.82) is 0 Å². The lowest BCUT2D eigenvalue weighted by Crippen LogP contribution is -2.39. The van der Waals surface area contributed by atoms with Gasteiger partial charge in [0.15, 0.2) is 6.04 Å². The Morgan fingerprint density at radius 3 is 2.17 bits per heavy atom. The number of amides is 1. The lowest BCUT2D eigenvalue weighted by molar-refractivity contribution is -0.139. The molecule has 0 heterocycles. The molecule has 0 unspecified atom stereocenters. The zero-order chi connectivity index (χ0) is 21.6. The molecule has 2 rings (SSSR count). The minimum Gasteiger partial charge on any atom is -0.497 e. The minimum absolute atomic E-state index is 0.0357. The Bertz CT molecular complexity index is 863. The van der Waals surface area contributed by atoms with Crippen LogP contribution in [0.2, 0.25) is 19.6 Å². The molecule has 7 nitrogen and oxygen atoms in total. The van der Waals surface area contributed by atoms with E-state index >= 15 is 0 Å². The van der Waals surface area contributed by atoms with Crippen molar-refractivity contribution in [2.75, 3.05) is 14.2 Å². The molecule has 0 radical (unpaired) electrons. The number of hydrogen-bond donors (Lipinski definition) is 2. The summed E-state index contributed by atoms with van der Waals surface area (Å²) in [5.41, 5.74) is 1.09. The van der Waals surface area contributed by atoms with Crippen LogP contribution >= 0.6 is 0 Å². The molecule has 0 saturated heterocycles. The third-order valence-corrected chi connectivity index (χ3v) is 6.40. The Kier molecular flexibility index (Phi) is 7.27. The number of nitrogens with one attached hydrogen (secondary N) is 1. The summed E-state index contributed by atoms with van der Waals surface area (Å²) in [4.78, 5) is 24.1. The van der Waals surface area contributed by atoms with Crippen LogP contribution in [0.25, 0.3) is 0 Å². The van der Waals surface area contributed by atoms with Crippen LogP contribution in [0, 0.1) is 0 Å². The molecule has 0 aliphatic heterocycles. The number of hydrogen-bond acceptors (Lipinski definition) is 5. The highest BCUT2D eigenvalue weighted by Crippen LogP contribution is 2.30. The number of carboxylic acids is 1. The fraction of sp³-hybridized carbons (Fsp3) is 0.333. The van der Waals surface area contributed by atoms with Crippen molar-refractivity contribution in [2.24, 2.45) is 0 Å². The number of aliphatic carboxylic acids is 1. The van der Waals surface area contributed by atoms with Gasteiger partial charge in [-0.25, -0.2) is 9.59 Å². The molecular weight excluding hydrogens is 390 g/mol. The normalized spacial score (nSPS) is 12.0. The Balaban J connectivity index is 2.29. The number of alkyl carbamates (subject to hydrolysis) is 1. The molecule has 0 bridgehead atoms. The lowest BCUT2D eigenvalue weighted by atomic mass is 10.1. The van der Waals surface area contributed by atoms with Gasteiger partial charge in [0.1, 0.15) is 18.1 Å². The summed E-state index contributed by atoms with van der Waals surface area (Å²) in [7, 11) is 1.22. The van der Waals surface area contributed by atoms with E-state index in [4.69, 9.17) is 14.2 Å². The third kappa shape index (κ3) is 5.74. The van der Waals surface area contributed by atoms with E-state index < -0.39 is 26.2 Å². The largest absolute Gasteiger partial charge is 0.497 e. The zero-order valence-electron chi connectivity index (χ0n) is 17.3. The molecule has 2 aromatic carbocycles. The second-order valence-electron chi connectivity index (χ2n) is 7.52. The maximum Gasteiger partial charge on any atom is 0.408 e. The van der Waals surface area contributed by atoms with Crippen molar-refractivity contribution in [3.05, 3.63) is 53.6 Å². The van der Waals surface area contributed by atoms with Crippen molar-refractivity contribution in [3.8, 4) is 11.5 Å². The van der Waals surface area contributed by atoms with Crippen molar-refractivity contribution in [2.45, 2.75) is 32.3 Å². The van der Waals surface area contributed by atoms with Crippen molar-refractivity contribution >= 4 is 25.3 Å². The molecule has 2 aromatic rings. The Hall–Kier alpha value is -3.00. The van der Waals surface area contributed by atoms with Gasteiger partial charge >= 0.3 is 12.1 Å². The highest BCUT2D eigenvalue weighted by molar-refractivity contribution is 6.89. The van der Waals surface area contributed by atoms with Gasteiger partial charge in [-0.3, -0.25) is 0 Å². The summed E-state index contributed by atoms with van der Waals surface area (Å²) in [5.74, 6) is -0.285. The topological polar surface area (TPSA) is 94.1 Å². The zero-order valence-corrected chi connectivity index (χ0v) is 18.3. The Morgan fingerprint density at radius 1 is 1.03 bits per heavy atom. The molecule has 1 atom stereocenters. The fourth-order valence-corrected chi connectivity index (χ4v) is 4.37. The van der Waals surface area contributed by atoms with Crippen LogP contribution in [0.15, 0.2) is 42.5 Å². The summed E-state index contributed by atoms with van der Waals surface area (Å²) in [5, 5.41) is 13.1. The van der Waals surface area contributed by atoms with Crippen molar-refractivity contribution < 1.29 is 28.9 Å². The first-order valence-corrected chi connectivity index (χ1v) is 12.6. The number of rotatable bonds is 8. The maximum atomic E-state index is 12.2. The van der Waals surface area contributed by atoms with Crippen LogP contribution in [0.1, 0.15) is 17.2 Å². The molecular formula is C21H27NO6Si. The summed E-state index contributed by atoms with van der Waals surface area (Å²) < 4.78 is 16.1. The molecule has 0 spiro atoms. The highest BCUT2D eigenvalue weighted by Gasteiger charge is 2.30. The molecule has 0 aliphatic rings. The van der Waals surface area contributed by atoms with E-state index in [2.05, 4.69) is 25.0 Å². The minimum atomic E-state index is -1.78. The maximum absolute atomic E-state index is 12.2. The van der Waals surface area contributed by atoms with E-state index in [-0.39, 0.29) is 12.2 Å². The predicted molar refractivity (Wildman–Crippen MR) is 113 cm³/mol. The lowest BCUT2D eigenvalue weighted by Gasteiger charge is -2.24. The number of carbonyl (C=O) groups excluding carboxylic acids is 1. The second kappa shape index (κ2) is 9.47. The first-order chi connectivity index (χ1) is 13.7. The van der Waals surface area contributed by atoms with Crippen molar-refractivity contribution in [3.63, 3.8) is 0 Å². The second-order valence-corrected chi connectivity index (χ2v) is 12.6.